The van der Waals surface area contributed by atoms with E-state index < -0.39 is 0 Å². The zero-order chi connectivity index (χ0) is 16.5. The number of methoxy groups -OCH3 is 1. The van der Waals surface area contributed by atoms with Gasteiger partial charge in [-0.2, -0.15) is 0 Å². The molecule has 0 radical (unpaired) electrons. The Kier molecular flexibility index (Phi) is 3.76. The van der Waals surface area contributed by atoms with Crippen molar-refractivity contribution in [2.75, 3.05) is 19.5 Å². The SMILES string of the molecule is COc1cc(Cn2c(N)nc3ccccc32)ccc1OCC1CC1. The normalized spacial score (nSPS) is 14.0. The predicted octanol–water partition coefficient (Wildman–Crippen LogP) is 3.46. The van der Waals surface area contributed by atoms with Gasteiger partial charge in [-0.15, -0.1) is 0 Å². The Bertz CT molecular complexity index is 868. The predicted molar refractivity (Wildman–Crippen MR) is 94.5 cm³/mol. The number of ether oxygens (including phenoxy) is 2. The van der Waals surface area contributed by atoms with E-state index in [9.17, 15) is 0 Å². The lowest BCUT2D eigenvalue weighted by Crippen LogP contribution is -2.05. The van der Waals surface area contributed by atoms with E-state index in [0.29, 0.717) is 18.4 Å². The van der Waals surface area contributed by atoms with E-state index in [-0.39, 0.29) is 0 Å². The van der Waals surface area contributed by atoms with Crippen molar-refractivity contribution in [1.29, 1.82) is 0 Å². The van der Waals surface area contributed by atoms with Crippen LogP contribution in [-0.2, 0) is 6.54 Å². The fourth-order valence-corrected chi connectivity index (χ4v) is 2.86. The van der Waals surface area contributed by atoms with Crippen LogP contribution >= 0.6 is 0 Å². The van der Waals surface area contributed by atoms with Crippen molar-refractivity contribution in [3.8, 4) is 11.5 Å². The average molecular weight is 323 g/mol. The number of nitrogen functional groups attached to an aromatic ring is 1. The van der Waals surface area contributed by atoms with E-state index in [4.69, 9.17) is 15.2 Å². The second-order valence-corrected chi connectivity index (χ2v) is 6.28. The number of anilines is 1. The second kappa shape index (κ2) is 6.07. The monoisotopic (exact) mass is 323 g/mol. The molecule has 0 saturated heterocycles. The summed E-state index contributed by atoms with van der Waals surface area (Å²) in [6.45, 7) is 1.42. The summed E-state index contributed by atoms with van der Waals surface area (Å²) < 4.78 is 13.4. The third-order valence-corrected chi connectivity index (χ3v) is 4.42. The molecule has 1 aromatic heterocycles. The van der Waals surface area contributed by atoms with Gasteiger partial charge in [0.05, 0.1) is 31.3 Å². The lowest BCUT2D eigenvalue weighted by atomic mass is 10.2. The summed E-state index contributed by atoms with van der Waals surface area (Å²) in [7, 11) is 1.67. The van der Waals surface area contributed by atoms with Crippen LogP contribution in [0.4, 0.5) is 5.95 Å². The van der Waals surface area contributed by atoms with Gasteiger partial charge in [0.15, 0.2) is 11.5 Å². The van der Waals surface area contributed by atoms with Crippen LogP contribution in [0.2, 0.25) is 0 Å². The number of aromatic nitrogens is 2. The summed E-state index contributed by atoms with van der Waals surface area (Å²) >= 11 is 0. The Balaban J connectivity index is 1.60. The molecule has 1 aliphatic carbocycles. The number of rotatable bonds is 6. The van der Waals surface area contributed by atoms with Crippen LogP contribution in [0, 0.1) is 5.92 Å². The quantitative estimate of drug-likeness (QED) is 0.754. The topological polar surface area (TPSA) is 62.3 Å². The van der Waals surface area contributed by atoms with Gasteiger partial charge in [0.1, 0.15) is 0 Å². The van der Waals surface area contributed by atoms with E-state index in [1.54, 1.807) is 7.11 Å². The van der Waals surface area contributed by atoms with E-state index >= 15 is 0 Å². The fraction of sp³-hybridized carbons (Fsp3) is 0.316. The maximum absolute atomic E-state index is 6.09. The van der Waals surface area contributed by atoms with Crippen molar-refractivity contribution in [3.63, 3.8) is 0 Å². The molecular formula is C19H21N3O2. The lowest BCUT2D eigenvalue weighted by molar-refractivity contribution is 0.280. The number of hydrogen-bond donors (Lipinski definition) is 1. The van der Waals surface area contributed by atoms with Crippen molar-refractivity contribution in [1.82, 2.24) is 9.55 Å². The second-order valence-electron chi connectivity index (χ2n) is 6.28. The molecule has 1 fully saturated rings. The Labute approximate surface area is 141 Å². The van der Waals surface area contributed by atoms with E-state index in [0.717, 1.165) is 34.7 Å². The minimum atomic E-state index is 0.518. The standard InChI is InChI=1S/C19H21N3O2/c1-23-18-10-14(8-9-17(18)24-12-13-6-7-13)11-22-16-5-3-2-4-15(16)21-19(22)20/h2-5,8-10,13H,6-7,11-12H2,1H3,(H2,20,21). The minimum Gasteiger partial charge on any atom is -0.493 e. The zero-order valence-electron chi connectivity index (χ0n) is 13.7. The van der Waals surface area contributed by atoms with Crippen molar-refractivity contribution in [2.45, 2.75) is 19.4 Å². The third kappa shape index (κ3) is 2.89. The Hall–Kier alpha value is -2.69. The molecule has 3 aromatic rings. The summed E-state index contributed by atoms with van der Waals surface area (Å²) in [5, 5.41) is 0. The first-order valence-corrected chi connectivity index (χ1v) is 8.25. The van der Waals surface area contributed by atoms with Crippen molar-refractivity contribution in [3.05, 3.63) is 48.0 Å². The number of hydrogen-bond acceptors (Lipinski definition) is 4. The summed E-state index contributed by atoms with van der Waals surface area (Å²) in [4.78, 5) is 4.41. The molecule has 0 bridgehead atoms. The maximum Gasteiger partial charge on any atom is 0.201 e. The molecule has 0 unspecified atom stereocenters. The molecule has 124 valence electrons. The molecule has 0 atom stereocenters. The molecule has 24 heavy (non-hydrogen) atoms. The van der Waals surface area contributed by atoms with Gasteiger partial charge in [-0.05, 0) is 48.6 Å². The van der Waals surface area contributed by atoms with E-state index in [1.807, 2.05) is 41.0 Å². The maximum atomic E-state index is 6.09. The molecule has 5 nitrogen and oxygen atoms in total. The van der Waals surface area contributed by atoms with Crippen LogP contribution in [0.3, 0.4) is 0 Å². The van der Waals surface area contributed by atoms with Crippen molar-refractivity contribution < 1.29 is 9.47 Å². The zero-order valence-corrected chi connectivity index (χ0v) is 13.7. The van der Waals surface area contributed by atoms with Gasteiger partial charge in [0.2, 0.25) is 5.95 Å². The van der Waals surface area contributed by atoms with Gasteiger partial charge in [-0.3, -0.25) is 0 Å². The van der Waals surface area contributed by atoms with Gasteiger partial charge in [0.25, 0.3) is 0 Å². The molecular weight excluding hydrogens is 302 g/mol. The molecule has 0 spiro atoms. The van der Waals surface area contributed by atoms with Crippen molar-refractivity contribution >= 4 is 17.0 Å². The summed E-state index contributed by atoms with van der Waals surface area (Å²) in [6, 6.07) is 14.0. The number of nitrogens with two attached hydrogens (primary N) is 1. The molecule has 1 heterocycles. The Morgan fingerprint density at radius 2 is 2.00 bits per heavy atom. The highest BCUT2D eigenvalue weighted by Crippen LogP contribution is 2.33. The number of fused-ring (bicyclic) bond motifs is 1. The highest BCUT2D eigenvalue weighted by atomic mass is 16.5. The van der Waals surface area contributed by atoms with Gasteiger partial charge in [-0.25, -0.2) is 4.98 Å². The van der Waals surface area contributed by atoms with Crippen LogP contribution in [0.15, 0.2) is 42.5 Å². The lowest BCUT2D eigenvalue weighted by Gasteiger charge is -2.13. The van der Waals surface area contributed by atoms with E-state index in [2.05, 4.69) is 11.1 Å². The van der Waals surface area contributed by atoms with Gasteiger partial charge in [0, 0.05) is 0 Å². The fourth-order valence-electron chi connectivity index (χ4n) is 2.86. The molecule has 2 aromatic carbocycles. The molecule has 4 rings (SSSR count). The highest BCUT2D eigenvalue weighted by Gasteiger charge is 2.22. The van der Waals surface area contributed by atoms with Gasteiger partial charge in [-0.1, -0.05) is 18.2 Å². The number of benzene rings is 2. The molecule has 0 aliphatic heterocycles. The van der Waals surface area contributed by atoms with Crippen LogP contribution in [0.5, 0.6) is 11.5 Å². The van der Waals surface area contributed by atoms with Crippen LogP contribution < -0.4 is 15.2 Å². The average Bonchev–Trinajstić information content (AvgIpc) is 3.38. The van der Waals surface area contributed by atoms with Gasteiger partial charge < -0.3 is 19.8 Å². The summed E-state index contributed by atoms with van der Waals surface area (Å²) in [5.41, 5.74) is 9.12. The smallest absolute Gasteiger partial charge is 0.201 e. The Morgan fingerprint density at radius 3 is 2.79 bits per heavy atom. The summed E-state index contributed by atoms with van der Waals surface area (Å²) in [5.74, 6) is 2.79. The molecule has 1 saturated carbocycles. The third-order valence-electron chi connectivity index (χ3n) is 4.42. The first-order valence-electron chi connectivity index (χ1n) is 8.25. The Morgan fingerprint density at radius 1 is 1.17 bits per heavy atom. The number of imidazole rings is 1. The summed E-state index contributed by atoms with van der Waals surface area (Å²) in [6.07, 6.45) is 2.54. The first kappa shape index (κ1) is 14.9. The minimum absolute atomic E-state index is 0.518. The highest BCUT2D eigenvalue weighted by molar-refractivity contribution is 5.78. The molecule has 1 aliphatic rings. The number of nitrogens with zero attached hydrogens (tertiary/aromatic N) is 2. The van der Waals surface area contributed by atoms with Crippen LogP contribution in [0.25, 0.3) is 11.0 Å². The molecule has 5 heteroatoms. The van der Waals surface area contributed by atoms with E-state index in [1.165, 1.54) is 12.8 Å². The van der Waals surface area contributed by atoms with Crippen LogP contribution in [0.1, 0.15) is 18.4 Å². The van der Waals surface area contributed by atoms with Crippen LogP contribution in [-0.4, -0.2) is 23.3 Å². The molecule has 0 amide bonds. The largest absolute Gasteiger partial charge is 0.493 e. The first-order chi connectivity index (χ1) is 11.7. The molecule has 2 N–H and O–H groups in total. The van der Waals surface area contributed by atoms with Crippen molar-refractivity contribution in [2.24, 2.45) is 5.92 Å². The number of para-hydroxylation sites is 2. The van der Waals surface area contributed by atoms with Gasteiger partial charge >= 0.3 is 0 Å².